The van der Waals surface area contributed by atoms with E-state index in [0.717, 1.165) is 55.9 Å². The van der Waals surface area contributed by atoms with Gasteiger partial charge in [0, 0.05) is 6.04 Å². The molecular weight excluding hydrogens is 390 g/mol. The van der Waals surface area contributed by atoms with Crippen LogP contribution in [0.4, 0.5) is 0 Å². The number of hydrogen-bond donors (Lipinski definition) is 2. The third kappa shape index (κ3) is 16.5. The zero-order chi connectivity index (χ0) is 23.6. The summed E-state index contributed by atoms with van der Waals surface area (Å²) in [6.07, 6.45) is 24.1. The van der Waals surface area contributed by atoms with E-state index in [-0.39, 0.29) is 6.10 Å². The van der Waals surface area contributed by atoms with Crippen LogP contribution in [0.1, 0.15) is 150 Å². The quantitative estimate of drug-likeness (QED) is 0.181. The average molecular weight is 452 g/mol. The van der Waals surface area contributed by atoms with Crippen LogP contribution in [0, 0.1) is 23.7 Å². The molecule has 0 heterocycles. The molecule has 2 nitrogen and oxygen atoms in total. The Labute approximate surface area is 203 Å². The maximum Gasteiger partial charge on any atom is 0.0541 e. The van der Waals surface area contributed by atoms with Gasteiger partial charge in [0.05, 0.1) is 6.10 Å². The highest BCUT2D eigenvalue weighted by molar-refractivity contribution is 4.76. The highest BCUT2D eigenvalue weighted by atomic mass is 16.3. The molecule has 1 aliphatic carbocycles. The Balaban J connectivity index is 1.90. The first-order valence-electron chi connectivity index (χ1n) is 14.8. The zero-order valence-corrected chi connectivity index (χ0v) is 22.8. The molecule has 0 bridgehead atoms. The number of aliphatic hydroxyl groups excluding tert-OH is 1. The number of aliphatic hydroxyl groups is 1. The summed E-state index contributed by atoms with van der Waals surface area (Å²) in [7, 11) is 0. The molecule has 1 aliphatic rings. The summed E-state index contributed by atoms with van der Waals surface area (Å²) in [6.45, 7) is 13.3. The van der Waals surface area contributed by atoms with Crippen molar-refractivity contribution in [2.75, 3.05) is 6.54 Å². The summed E-state index contributed by atoms with van der Waals surface area (Å²) in [6, 6.07) is 0.659. The first-order valence-corrected chi connectivity index (χ1v) is 14.8. The van der Waals surface area contributed by atoms with Gasteiger partial charge in [0.15, 0.2) is 0 Å². The second kappa shape index (κ2) is 19.2. The molecule has 4 unspecified atom stereocenters. The van der Waals surface area contributed by atoms with Crippen LogP contribution in [0.15, 0.2) is 0 Å². The monoisotopic (exact) mass is 451 g/mol. The highest BCUT2D eigenvalue weighted by Gasteiger charge is 2.18. The van der Waals surface area contributed by atoms with Crippen LogP contribution in [-0.4, -0.2) is 23.8 Å². The van der Waals surface area contributed by atoms with E-state index in [1.54, 1.807) is 0 Å². The molecule has 2 N–H and O–H groups in total. The fraction of sp³-hybridized carbons (Fsp3) is 1.00. The normalized spacial score (nSPS) is 23.1. The topological polar surface area (TPSA) is 32.3 Å². The van der Waals surface area contributed by atoms with Gasteiger partial charge in [-0.3, -0.25) is 0 Å². The van der Waals surface area contributed by atoms with E-state index in [1.165, 1.54) is 89.9 Å². The molecule has 1 saturated carbocycles. The van der Waals surface area contributed by atoms with Crippen molar-refractivity contribution in [2.24, 2.45) is 23.7 Å². The van der Waals surface area contributed by atoms with Gasteiger partial charge in [0.2, 0.25) is 0 Å². The number of nitrogens with one attached hydrogen (secondary N) is 1. The van der Waals surface area contributed by atoms with E-state index >= 15 is 0 Å². The molecule has 0 aromatic rings. The predicted molar refractivity (Wildman–Crippen MR) is 143 cm³/mol. The maximum absolute atomic E-state index is 9.60. The van der Waals surface area contributed by atoms with E-state index in [2.05, 4.69) is 39.9 Å². The minimum absolute atomic E-state index is 0.0341. The highest BCUT2D eigenvalue weighted by Crippen LogP contribution is 2.23. The van der Waals surface area contributed by atoms with Crippen molar-refractivity contribution in [3.63, 3.8) is 0 Å². The van der Waals surface area contributed by atoms with Crippen molar-refractivity contribution < 1.29 is 5.11 Å². The van der Waals surface area contributed by atoms with Crippen molar-refractivity contribution in [1.29, 1.82) is 0 Å². The lowest BCUT2D eigenvalue weighted by molar-refractivity contribution is 0.116. The van der Waals surface area contributed by atoms with E-state index in [9.17, 15) is 5.11 Å². The number of rotatable bonds is 20. The van der Waals surface area contributed by atoms with Crippen LogP contribution in [-0.2, 0) is 0 Å². The molecule has 0 spiro atoms. The lowest BCUT2D eigenvalue weighted by Crippen LogP contribution is -2.35. The average Bonchev–Trinajstić information content (AvgIpc) is 2.76. The zero-order valence-electron chi connectivity index (χ0n) is 22.8. The Bertz CT molecular complexity index is 404. The van der Waals surface area contributed by atoms with Crippen molar-refractivity contribution in [2.45, 2.75) is 162 Å². The van der Waals surface area contributed by atoms with Crippen molar-refractivity contribution >= 4 is 0 Å². The van der Waals surface area contributed by atoms with Gasteiger partial charge in [-0.1, -0.05) is 112 Å². The molecule has 0 aromatic heterocycles. The molecule has 4 atom stereocenters. The fourth-order valence-electron chi connectivity index (χ4n) is 5.72. The minimum Gasteiger partial charge on any atom is -0.393 e. The second-order valence-electron chi connectivity index (χ2n) is 12.0. The second-order valence-corrected chi connectivity index (χ2v) is 12.0. The van der Waals surface area contributed by atoms with E-state index in [4.69, 9.17) is 0 Å². The van der Waals surface area contributed by atoms with Crippen LogP contribution >= 0.6 is 0 Å². The summed E-state index contributed by atoms with van der Waals surface area (Å²) in [5.74, 6) is 3.65. The Hall–Kier alpha value is -0.0800. The van der Waals surface area contributed by atoms with Crippen LogP contribution in [0.3, 0.4) is 0 Å². The van der Waals surface area contributed by atoms with Crippen molar-refractivity contribution in [1.82, 2.24) is 5.32 Å². The molecule has 2 heteroatoms. The fourth-order valence-corrected chi connectivity index (χ4v) is 5.72. The SMILES string of the molecule is CCCC(C)CCCC(C)CCCCC(C)CCCC(C)CCCNC1CCC(O)CC1. The standard InChI is InChI=1S/C30H61NO/c1-6-12-25(2)15-9-16-26(3)13-7-8-14-27(4)17-10-18-28(5)19-11-24-31-29-20-22-30(32)23-21-29/h25-32H,6-24H2,1-5H3. The maximum atomic E-state index is 9.60. The predicted octanol–water partition coefficient (Wildman–Crippen LogP) is 8.91. The molecule has 32 heavy (non-hydrogen) atoms. The van der Waals surface area contributed by atoms with Crippen LogP contribution < -0.4 is 5.32 Å². The Morgan fingerprint density at radius 1 is 0.594 bits per heavy atom. The third-order valence-electron chi connectivity index (χ3n) is 8.22. The Morgan fingerprint density at radius 2 is 1.00 bits per heavy atom. The largest absolute Gasteiger partial charge is 0.393 e. The van der Waals surface area contributed by atoms with Gasteiger partial charge in [-0.05, 0) is 68.7 Å². The van der Waals surface area contributed by atoms with Gasteiger partial charge in [-0.25, -0.2) is 0 Å². The molecule has 192 valence electrons. The smallest absolute Gasteiger partial charge is 0.0541 e. The molecule has 0 amide bonds. The summed E-state index contributed by atoms with van der Waals surface area (Å²) in [5.41, 5.74) is 0. The molecule has 0 aliphatic heterocycles. The van der Waals surface area contributed by atoms with E-state index < -0.39 is 0 Å². The van der Waals surface area contributed by atoms with Gasteiger partial charge in [-0.2, -0.15) is 0 Å². The summed E-state index contributed by atoms with van der Waals surface area (Å²) in [4.78, 5) is 0. The van der Waals surface area contributed by atoms with Crippen LogP contribution in [0.5, 0.6) is 0 Å². The van der Waals surface area contributed by atoms with Crippen molar-refractivity contribution in [3.05, 3.63) is 0 Å². The van der Waals surface area contributed by atoms with Gasteiger partial charge < -0.3 is 10.4 Å². The number of unbranched alkanes of at least 4 members (excludes halogenated alkanes) is 1. The van der Waals surface area contributed by atoms with Gasteiger partial charge in [0.1, 0.15) is 0 Å². The summed E-state index contributed by atoms with van der Waals surface area (Å²) in [5, 5.41) is 13.3. The first-order chi connectivity index (χ1) is 15.4. The molecule has 1 rings (SSSR count). The van der Waals surface area contributed by atoms with E-state index in [1.807, 2.05) is 0 Å². The van der Waals surface area contributed by atoms with Crippen molar-refractivity contribution in [3.8, 4) is 0 Å². The molecule has 0 radical (unpaired) electrons. The Kier molecular flexibility index (Phi) is 18.0. The van der Waals surface area contributed by atoms with E-state index in [0.29, 0.717) is 6.04 Å². The van der Waals surface area contributed by atoms with Crippen LogP contribution in [0.25, 0.3) is 0 Å². The molecular formula is C30H61NO. The van der Waals surface area contributed by atoms with Crippen LogP contribution in [0.2, 0.25) is 0 Å². The third-order valence-corrected chi connectivity index (χ3v) is 8.22. The summed E-state index contributed by atoms with van der Waals surface area (Å²) >= 11 is 0. The molecule has 0 saturated heterocycles. The molecule has 0 aromatic carbocycles. The van der Waals surface area contributed by atoms with Gasteiger partial charge in [-0.15, -0.1) is 0 Å². The first kappa shape index (κ1) is 30.0. The molecule has 1 fully saturated rings. The lowest BCUT2D eigenvalue weighted by Gasteiger charge is -2.26. The Morgan fingerprint density at radius 3 is 1.47 bits per heavy atom. The summed E-state index contributed by atoms with van der Waals surface area (Å²) < 4.78 is 0. The lowest BCUT2D eigenvalue weighted by atomic mass is 9.90. The minimum atomic E-state index is -0.0341. The number of hydrogen-bond acceptors (Lipinski definition) is 2. The van der Waals surface area contributed by atoms with Gasteiger partial charge >= 0.3 is 0 Å². The van der Waals surface area contributed by atoms with Gasteiger partial charge in [0.25, 0.3) is 0 Å².